The highest BCUT2D eigenvalue weighted by Gasteiger charge is 2.46. The van der Waals surface area contributed by atoms with Crippen LogP contribution in [0.5, 0.6) is 5.75 Å². The molecule has 5 heteroatoms. The van der Waals surface area contributed by atoms with Gasteiger partial charge in [0, 0.05) is 0 Å². The van der Waals surface area contributed by atoms with E-state index in [1.807, 2.05) is 6.07 Å². The summed E-state index contributed by atoms with van der Waals surface area (Å²) in [5, 5.41) is -1.41. The summed E-state index contributed by atoms with van der Waals surface area (Å²) in [4.78, 5) is 18.8. The Balaban J connectivity index is 3.01. The zero-order valence-electron chi connectivity index (χ0n) is 9.46. The van der Waals surface area contributed by atoms with Crippen molar-refractivity contribution in [1.82, 2.24) is 0 Å². The summed E-state index contributed by atoms with van der Waals surface area (Å²) in [6.07, 6.45) is 0.533. The van der Waals surface area contributed by atoms with Gasteiger partial charge in [-0.05, 0) is 25.0 Å². The molecule has 0 unspecified atom stereocenters. The smallest absolute Gasteiger partial charge is 0.368 e. The van der Waals surface area contributed by atoms with Crippen LogP contribution in [-0.4, -0.2) is 15.1 Å². The molecule has 0 aliphatic heterocycles. The lowest BCUT2D eigenvalue weighted by Crippen LogP contribution is -2.34. The van der Waals surface area contributed by atoms with Crippen LogP contribution in [0.2, 0.25) is 0 Å². The molecular weight excluding hydrogens is 227 g/mol. The zero-order valence-corrected chi connectivity index (χ0v) is 10.4. The highest BCUT2D eigenvalue weighted by atomic mass is 31.2. The van der Waals surface area contributed by atoms with Gasteiger partial charge in [0.2, 0.25) is 5.34 Å². The molecule has 16 heavy (non-hydrogen) atoms. The average molecular weight is 244 g/mol. The zero-order chi connectivity index (χ0) is 12.2. The fourth-order valence-electron chi connectivity index (χ4n) is 1.57. The lowest BCUT2D eigenvalue weighted by Gasteiger charge is -2.32. The maximum atomic E-state index is 11.5. The number of hydrogen-bond acceptors (Lipinski definition) is 2. The summed E-state index contributed by atoms with van der Waals surface area (Å²) in [5.41, 5.74) is 0. The SMILES string of the molecule is CCC(CC)(Oc1ccccc1)P(=O)(O)O. The van der Waals surface area contributed by atoms with Gasteiger partial charge < -0.3 is 14.5 Å². The third-order valence-electron chi connectivity index (χ3n) is 2.69. The van der Waals surface area contributed by atoms with Crippen molar-refractivity contribution in [3.63, 3.8) is 0 Å². The molecule has 1 aromatic rings. The van der Waals surface area contributed by atoms with E-state index in [4.69, 9.17) is 4.74 Å². The Bertz CT molecular complexity index is 367. The van der Waals surface area contributed by atoms with E-state index < -0.39 is 12.9 Å². The maximum absolute atomic E-state index is 11.5. The standard InChI is InChI=1S/C11H17O4P/c1-3-11(4-2,16(12,13)14)15-10-8-6-5-7-9-10/h5-9H,3-4H2,1-2H3,(H2,12,13,14). The third kappa shape index (κ3) is 2.64. The van der Waals surface area contributed by atoms with Crippen LogP contribution in [0, 0.1) is 0 Å². The topological polar surface area (TPSA) is 66.8 Å². The predicted molar refractivity (Wildman–Crippen MR) is 62.4 cm³/mol. The van der Waals surface area contributed by atoms with Crippen molar-refractivity contribution in [3.8, 4) is 5.75 Å². The molecule has 0 bridgehead atoms. The number of benzene rings is 1. The number of para-hydroxylation sites is 1. The van der Waals surface area contributed by atoms with Crippen molar-refractivity contribution < 1.29 is 19.1 Å². The second-order valence-corrected chi connectivity index (χ2v) is 5.52. The van der Waals surface area contributed by atoms with Gasteiger partial charge in [-0.2, -0.15) is 0 Å². The molecule has 0 radical (unpaired) electrons. The summed E-state index contributed by atoms with van der Waals surface area (Å²) < 4.78 is 17.0. The number of ether oxygens (including phenoxy) is 1. The van der Waals surface area contributed by atoms with Gasteiger partial charge in [-0.15, -0.1) is 0 Å². The molecule has 0 heterocycles. The van der Waals surface area contributed by atoms with Crippen molar-refractivity contribution in [2.45, 2.75) is 32.0 Å². The van der Waals surface area contributed by atoms with Gasteiger partial charge >= 0.3 is 7.60 Å². The molecule has 90 valence electrons. The molecule has 0 aliphatic rings. The van der Waals surface area contributed by atoms with Crippen molar-refractivity contribution in [2.24, 2.45) is 0 Å². The molecule has 0 aliphatic carbocycles. The molecule has 2 N–H and O–H groups in total. The van der Waals surface area contributed by atoms with Crippen LogP contribution in [0.15, 0.2) is 30.3 Å². The van der Waals surface area contributed by atoms with Crippen LogP contribution >= 0.6 is 7.60 Å². The number of rotatable bonds is 5. The first-order valence-corrected chi connectivity index (χ1v) is 6.86. The molecular formula is C11H17O4P. The highest BCUT2D eigenvalue weighted by molar-refractivity contribution is 7.53. The minimum absolute atomic E-state index is 0.267. The first-order chi connectivity index (χ1) is 7.45. The Labute approximate surface area is 95.4 Å². The summed E-state index contributed by atoms with van der Waals surface area (Å²) >= 11 is 0. The van der Waals surface area contributed by atoms with Gasteiger partial charge in [-0.3, -0.25) is 4.57 Å². The first-order valence-electron chi connectivity index (χ1n) is 5.25. The minimum atomic E-state index is -4.29. The molecule has 0 spiro atoms. The molecule has 0 aromatic heterocycles. The van der Waals surface area contributed by atoms with E-state index in [2.05, 4.69) is 0 Å². The van der Waals surface area contributed by atoms with Crippen LogP contribution in [0.25, 0.3) is 0 Å². The molecule has 0 atom stereocenters. The Kier molecular flexibility index (Phi) is 4.14. The van der Waals surface area contributed by atoms with Crippen LogP contribution in [0.1, 0.15) is 26.7 Å². The summed E-state index contributed by atoms with van der Waals surface area (Å²) in [7, 11) is -4.29. The third-order valence-corrected chi connectivity index (χ3v) is 4.47. The van der Waals surface area contributed by atoms with E-state index in [-0.39, 0.29) is 12.8 Å². The second-order valence-electron chi connectivity index (χ2n) is 3.61. The van der Waals surface area contributed by atoms with Crippen LogP contribution < -0.4 is 4.74 Å². The summed E-state index contributed by atoms with van der Waals surface area (Å²) in [5.74, 6) is 0.481. The van der Waals surface area contributed by atoms with E-state index in [0.29, 0.717) is 5.75 Å². The lowest BCUT2D eigenvalue weighted by molar-refractivity contribution is 0.108. The van der Waals surface area contributed by atoms with Crippen molar-refractivity contribution in [2.75, 3.05) is 0 Å². The first kappa shape index (κ1) is 13.2. The van der Waals surface area contributed by atoms with Gasteiger partial charge in [0.1, 0.15) is 5.75 Å². The normalized spacial score (nSPS) is 12.5. The van der Waals surface area contributed by atoms with Gasteiger partial charge in [-0.25, -0.2) is 0 Å². The Morgan fingerprint density at radius 3 is 2.06 bits per heavy atom. The van der Waals surface area contributed by atoms with Crippen molar-refractivity contribution >= 4 is 7.60 Å². The quantitative estimate of drug-likeness (QED) is 0.781. The minimum Gasteiger partial charge on any atom is -0.475 e. The largest absolute Gasteiger partial charge is 0.475 e. The fraction of sp³-hybridized carbons (Fsp3) is 0.455. The van der Waals surface area contributed by atoms with E-state index in [9.17, 15) is 14.4 Å². The number of hydrogen-bond donors (Lipinski definition) is 2. The molecule has 0 fully saturated rings. The second kappa shape index (κ2) is 5.00. The van der Waals surface area contributed by atoms with E-state index in [0.717, 1.165) is 0 Å². The molecule has 0 amide bonds. The predicted octanol–water partition coefficient (Wildman–Crippen LogP) is 2.76. The summed E-state index contributed by atoms with van der Waals surface area (Å²) in [6.45, 7) is 3.43. The Hall–Kier alpha value is -0.830. The molecule has 1 rings (SSSR count). The Morgan fingerprint density at radius 1 is 1.19 bits per heavy atom. The van der Waals surface area contributed by atoms with Crippen LogP contribution in [0.4, 0.5) is 0 Å². The molecule has 4 nitrogen and oxygen atoms in total. The summed E-state index contributed by atoms with van der Waals surface area (Å²) in [6, 6.07) is 8.74. The van der Waals surface area contributed by atoms with Gasteiger partial charge in [0.05, 0.1) is 0 Å². The fourth-order valence-corrected chi connectivity index (χ4v) is 2.62. The van der Waals surface area contributed by atoms with Crippen LogP contribution in [0.3, 0.4) is 0 Å². The van der Waals surface area contributed by atoms with Gasteiger partial charge in [0.15, 0.2) is 0 Å². The molecule has 0 saturated heterocycles. The maximum Gasteiger partial charge on any atom is 0.368 e. The van der Waals surface area contributed by atoms with E-state index in [1.165, 1.54) is 0 Å². The Morgan fingerprint density at radius 2 is 1.69 bits per heavy atom. The van der Waals surface area contributed by atoms with Crippen molar-refractivity contribution in [3.05, 3.63) is 30.3 Å². The van der Waals surface area contributed by atoms with Gasteiger partial charge in [0.25, 0.3) is 0 Å². The van der Waals surface area contributed by atoms with Crippen LogP contribution in [-0.2, 0) is 4.57 Å². The average Bonchev–Trinajstić information content (AvgIpc) is 2.25. The molecule has 0 saturated carbocycles. The monoisotopic (exact) mass is 244 g/mol. The van der Waals surface area contributed by atoms with E-state index in [1.54, 1.807) is 38.1 Å². The highest BCUT2D eigenvalue weighted by Crippen LogP contribution is 2.54. The van der Waals surface area contributed by atoms with Gasteiger partial charge in [-0.1, -0.05) is 32.0 Å². The lowest BCUT2D eigenvalue weighted by atomic mass is 10.2. The van der Waals surface area contributed by atoms with E-state index >= 15 is 0 Å². The molecule has 1 aromatic carbocycles. The van der Waals surface area contributed by atoms with Crippen molar-refractivity contribution in [1.29, 1.82) is 0 Å².